The minimum atomic E-state index is -0.451. The summed E-state index contributed by atoms with van der Waals surface area (Å²) in [6, 6.07) is 9.53. The van der Waals surface area contributed by atoms with Crippen LogP contribution >= 0.6 is 0 Å². The fraction of sp³-hybridized carbons (Fsp3) is 0.364. The number of allylic oxidation sites excluding steroid dienone is 1. The zero-order chi connectivity index (χ0) is 20.3. The summed E-state index contributed by atoms with van der Waals surface area (Å²) in [6.45, 7) is 4.52. The molecule has 0 fully saturated rings. The number of methoxy groups -OCH3 is 4. The second-order valence-corrected chi connectivity index (χ2v) is 6.24. The third-order valence-corrected chi connectivity index (χ3v) is 4.73. The van der Waals surface area contributed by atoms with Gasteiger partial charge < -0.3 is 28.4 Å². The number of benzene rings is 2. The fourth-order valence-corrected chi connectivity index (χ4v) is 3.36. The molecular formula is C22H26O6. The van der Waals surface area contributed by atoms with Gasteiger partial charge in [0.15, 0.2) is 17.6 Å². The fourth-order valence-electron chi connectivity index (χ4n) is 3.36. The summed E-state index contributed by atoms with van der Waals surface area (Å²) in [4.78, 5) is 0. The van der Waals surface area contributed by atoms with Gasteiger partial charge in [0.05, 0.1) is 35.0 Å². The van der Waals surface area contributed by atoms with Crippen molar-refractivity contribution in [3.8, 4) is 28.7 Å². The van der Waals surface area contributed by atoms with Crippen molar-refractivity contribution in [2.75, 3.05) is 35.0 Å². The Kier molecular flexibility index (Phi) is 5.87. The topological polar surface area (TPSA) is 55.4 Å². The van der Waals surface area contributed by atoms with E-state index in [1.54, 1.807) is 28.4 Å². The van der Waals surface area contributed by atoms with E-state index in [0.29, 0.717) is 23.9 Å². The van der Waals surface area contributed by atoms with Crippen LogP contribution in [0, 0.1) is 0 Å². The third kappa shape index (κ3) is 3.42. The highest BCUT2D eigenvalue weighted by atomic mass is 16.5. The molecule has 0 N–H and O–H groups in total. The van der Waals surface area contributed by atoms with Crippen LogP contribution in [0.25, 0.3) is 5.57 Å². The minimum Gasteiger partial charge on any atom is -0.497 e. The van der Waals surface area contributed by atoms with E-state index in [2.05, 4.69) is 0 Å². The van der Waals surface area contributed by atoms with Gasteiger partial charge in [0.2, 0.25) is 5.75 Å². The van der Waals surface area contributed by atoms with E-state index in [0.717, 1.165) is 34.0 Å². The first-order chi connectivity index (χ1) is 13.6. The van der Waals surface area contributed by atoms with Gasteiger partial charge in [0, 0.05) is 22.8 Å². The molecule has 1 atom stereocenters. The normalized spacial score (nSPS) is 15.4. The maximum atomic E-state index is 6.35. The molecular weight excluding hydrogens is 360 g/mol. The molecule has 0 saturated carbocycles. The lowest BCUT2D eigenvalue weighted by Gasteiger charge is -2.31. The molecule has 1 heterocycles. The minimum absolute atomic E-state index is 0.451. The van der Waals surface area contributed by atoms with Crippen LogP contribution in [0.4, 0.5) is 0 Å². The van der Waals surface area contributed by atoms with Crippen LogP contribution in [-0.4, -0.2) is 35.0 Å². The van der Waals surface area contributed by atoms with E-state index in [9.17, 15) is 0 Å². The highest BCUT2D eigenvalue weighted by molar-refractivity contribution is 5.74. The quantitative estimate of drug-likeness (QED) is 0.692. The van der Waals surface area contributed by atoms with Gasteiger partial charge in [-0.05, 0) is 38.1 Å². The van der Waals surface area contributed by atoms with Crippen LogP contribution in [0.2, 0.25) is 0 Å². The van der Waals surface area contributed by atoms with Crippen molar-refractivity contribution in [3.05, 3.63) is 47.2 Å². The Bertz CT molecular complexity index is 862. The Balaban J connectivity index is 2.16. The summed E-state index contributed by atoms with van der Waals surface area (Å²) in [5, 5.41) is 0. The average molecular weight is 386 g/mol. The van der Waals surface area contributed by atoms with Gasteiger partial charge in [-0.3, -0.25) is 0 Å². The van der Waals surface area contributed by atoms with Crippen LogP contribution < -0.4 is 23.7 Å². The van der Waals surface area contributed by atoms with E-state index < -0.39 is 6.10 Å². The van der Waals surface area contributed by atoms with Crippen LogP contribution in [0.15, 0.2) is 36.1 Å². The molecule has 6 heteroatoms. The molecule has 0 radical (unpaired) electrons. The van der Waals surface area contributed by atoms with Gasteiger partial charge in [0.25, 0.3) is 0 Å². The Morgan fingerprint density at radius 2 is 1.57 bits per heavy atom. The molecule has 150 valence electrons. The molecule has 1 aliphatic rings. The monoisotopic (exact) mass is 386 g/mol. The average Bonchev–Trinajstić information content (AvgIpc) is 2.73. The van der Waals surface area contributed by atoms with Crippen LogP contribution in [0.3, 0.4) is 0 Å². The van der Waals surface area contributed by atoms with E-state index >= 15 is 0 Å². The Morgan fingerprint density at radius 3 is 2.11 bits per heavy atom. The van der Waals surface area contributed by atoms with Crippen molar-refractivity contribution in [1.82, 2.24) is 0 Å². The van der Waals surface area contributed by atoms with E-state index in [4.69, 9.17) is 28.4 Å². The molecule has 2 aromatic carbocycles. The van der Waals surface area contributed by atoms with Gasteiger partial charge >= 0.3 is 0 Å². The highest BCUT2D eigenvalue weighted by Crippen LogP contribution is 2.47. The molecule has 1 unspecified atom stereocenters. The van der Waals surface area contributed by atoms with Crippen molar-refractivity contribution in [2.45, 2.75) is 20.0 Å². The summed E-state index contributed by atoms with van der Waals surface area (Å²) >= 11 is 0. The van der Waals surface area contributed by atoms with Crippen molar-refractivity contribution >= 4 is 5.57 Å². The number of fused-ring (bicyclic) bond motifs is 1. The molecule has 0 spiro atoms. The number of rotatable bonds is 7. The zero-order valence-corrected chi connectivity index (χ0v) is 17.1. The standard InChI is InChI=1S/C22H26O6/c1-7-27-20-13(2)16-9-8-15(23-3)12-17(16)28-21(20)14-10-18(24-4)22(26-6)19(11-14)25-5/h8-12,21H,7H2,1-6H3. The zero-order valence-electron chi connectivity index (χ0n) is 17.1. The summed E-state index contributed by atoms with van der Waals surface area (Å²) in [7, 11) is 6.39. The molecule has 0 saturated heterocycles. The lowest BCUT2D eigenvalue weighted by Crippen LogP contribution is -2.19. The molecule has 3 rings (SSSR count). The second kappa shape index (κ2) is 8.33. The van der Waals surface area contributed by atoms with Crippen LogP contribution in [0.1, 0.15) is 31.1 Å². The van der Waals surface area contributed by atoms with Crippen molar-refractivity contribution < 1.29 is 28.4 Å². The molecule has 0 aliphatic carbocycles. The summed E-state index contributed by atoms with van der Waals surface area (Å²) in [5.74, 6) is 3.88. The molecule has 0 aromatic heterocycles. The van der Waals surface area contributed by atoms with Gasteiger partial charge in [-0.2, -0.15) is 0 Å². The molecule has 0 amide bonds. The van der Waals surface area contributed by atoms with Crippen LogP contribution in [-0.2, 0) is 4.74 Å². The van der Waals surface area contributed by atoms with E-state index in [-0.39, 0.29) is 0 Å². The largest absolute Gasteiger partial charge is 0.497 e. The van der Waals surface area contributed by atoms with Crippen LogP contribution in [0.5, 0.6) is 28.7 Å². The smallest absolute Gasteiger partial charge is 0.203 e. The maximum absolute atomic E-state index is 6.35. The first kappa shape index (κ1) is 19.7. The summed E-state index contributed by atoms with van der Waals surface area (Å²) < 4.78 is 34.1. The number of hydrogen-bond acceptors (Lipinski definition) is 6. The Labute approximate surface area is 165 Å². The van der Waals surface area contributed by atoms with Crippen molar-refractivity contribution in [3.63, 3.8) is 0 Å². The van der Waals surface area contributed by atoms with Crippen molar-refractivity contribution in [2.24, 2.45) is 0 Å². The Hall–Kier alpha value is -3.02. The lowest BCUT2D eigenvalue weighted by molar-refractivity contribution is 0.120. The predicted octanol–water partition coefficient (Wildman–Crippen LogP) is 4.62. The molecule has 2 aromatic rings. The molecule has 0 bridgehead atoms. The Morgan fingerprint density at radius 1 is 0.893 bits per heavy atom. The first-order valence-corrected chi connectivity index (χ1v) is 9.06. The molecule has 6 nitrogen and oxygen atoms in total. The van der Waals surface area contributed by atoms with Gasteiger partial charge in [-0.25, -0.2) is 0 Å². The van der Waals surface area contributed by atoms with Gasteiger partial charge in [0.1, 0.15) is 17.3 Å². The van der Waals surface area contributed by atoms with Gasteiger partial charge in [-0.1, -0.05) is 0 Å². The third-order valence-electron chi connectivity index (χ3n) is 4.73. The predicted molar refractivity (Wildman–Crippen MR) is 107 cm³/mol. The number of ether oxygens (including phenoxy) is 6. The van der Waals surface area contributed by atoms with E-state index in [1.807, 2.05) is 44.2 Å². The maximum Gasteiger partial charge on any atom is 0.203 e. The highest BCUT2D eigenvalue weighted by Gasteiger charge is 2.31. The second-order valence-electron chi connectivity index (χ2n) is 6.24. The molecule has 28 heavy (non-hydrogen) atoms. The van der Waals surface area contributed by atoms with Crippen molar-refractivity contribution in [1.29, 1.82) is 0 Å². The SMILES string of the molecule is CCOC1=C(C)c2ccc(OC)cc2OC1c1cc(OC)c(OC)c(OC)c1. The molecule has 1 aliphatic heterocycles. The lowest BCUT2D eigenvalue weighted by atomic mass is 9.95. The number of hydrogen-bond donors (Lipinski definition) is 0. The van der Waals surface area contributed by atoms with Gasteiger partial charge in [-0.15, -0.1) is 0 Å². The summed E-state index contributed by atoms with van der Waals surface area (Å²) in [6.07, 6.45) is -0.451. The first-order valence-electron chi connectivity index (χ1n) is 9.06. The summed E-state index contributed by atoms with van der Waals surface area (Å²) in [5.41, 5.74) is 2.84. The van der Waals surface area contributed by atoms with E-state index in [1.165, 1.54) is 0 Å².